The molecule has 0 atom stereocenters. The van der Waals surface area contributed by atoms with Crippen LogP contribution < -0.4 is 5.56 Å². The Hall–Kier alpha value is -1.58. The van der Waals surface area contributed by atoms with Crippen molar-refractivity contribution < 1.29 is 0 Å². The van der Waals surface area contributed by atoms with Crippen molar-refractivity contribution in [3.05, 3.63) is 34.5 Å². The highest BCUT2D eigenvalue weighted by atomic mass is 16.1. The van der Waals surface area contributed by atoms with Crippen molar-refractivity contribution in [2.75, 3.05) is 0 Å². The first-order valence-electron chi connectivity index (χ1n) is 3.69. The maximum absolute atomic E-state index is 11.4. The van der Waals surface area contributed by atoms with E-state index in [4.69, 9.17) is 0 Å². The minimum absolute atomic E-state index is 0.0643. The van der Waals surface area contributed by atoms with Crippen LogP contribution in [0.25, 0.3) is 5.52 Å². The van der Waals surface area contributed by atoms with Crippen molar-refractivity contribution >= 4 is 5.52 Å². The zero-order valence-electron chi connectivity index (χ0n) is 6.98. The summed E-state index contributed by atoms with van der Waals surface area (Å²) in [6, 6.07) is 1.85. The highest BCUT2D eigenvalue weighted by molar-refractivity contribution is 5.47. The molecule has 0 fully saturated rings. The lowest BCUT2D eigenvalue weighted by molar-refractivity contribution is 0.690. The molecule has 2 rings (SSSR count). The molecule has 0 aromatic carbocycles. The van der Waals surface area contributed by atoms with Crippen LogP contribution >= 0.6 is 0 Å². The zero-order chi connectivity index (χ0) is 8.72. The average Bonchev–Trinajstić information content (AvgIpc) is 2.39. The summed E-state index contributed by atoms with van der Waals surface area (Å²) in [7, 11) is 1.64. The van der Waals surface area contributed by atoms with Crippen LogP contribution in [0.4, 0.5) is 0 Å². The molecular weight excluding hydrogens is 154 g/mol. The Bertz CT molecular complexity index is 480. The fourth-order valence-corrected chi connectivity index (χ4v) is 1.24. The summed E-state index contributed by atoms with van der Waals surface area (Å²) in [5.41, 5.74) is 1.68. The van der Waals surface area contributed by atoms with Gasteiger partial charge in [0.15, 0.2) is 0 Å². The molecule has 0 amide bonds. The summed E-state index contributed by atoms with van der Waals surface area (Å²) < 4.78 is 3.06. The Kier molecular flexibility index (Phi) is 1.30. The van der Waals surface area contributed by atoms with Gasteiger partial charge in [-0.25, -0.2) is 4.68 Å². The molecule has 0 saturated carbocycles. The number of aromatic nitrogens is 3. The van der Waals surface area contributed by atoms with E-state index >= 15 is 0 Å². The number of hydrogen-bond donors (Lipinski definition) is 0. The third-order valence-electron chi connectivity index (χ3n) is 1.85. The summed E-state index contributed by atoms with van der Waals surface area (Å²) in [5, 5.41) is 3.89. The van der Waals surface area contributed by atoms with Gasteiger partial charge in [0.1, 0.15) is 11.8 Å². The maximum atomic E-state index is 11.4. The van der Waals surface area contributed by atoms with Gasteiger partial charge in [0, 0.05) is 13.2 Å². The second-order valence-electron chi connectivity index (χ2n) is 2.87. The molecule has 0 aliphatic rings. The summed E-state index contributed by atoms with van der Waals surface area (Å²) in [4.78, 5) is 11.4. The van der Waals surface area contributed by atoms with E-state index in [2.05, 4.69) is 5.10 Å². The average molecular weight is 163 g/mol. The zero-order valence-corrected chi connectivity index (χ0v) is 6.98. The SMILES string of the molecule is Cc1cc2c(=O)n(C)ncn2c1. The van der Waals surface area contributed by atoms with E-state index in [1.54, 1.807) is 17.8 Å². The summed E-state index contributed by atoms with van der Waals surface area (Å²) in [6.45, 7) is 1.95. The predicted octanol–water partition coefficient (Wildman–Crippen LogP) is 0.341. The van der Waals surface area contributed by atoms with Gasteiger partial charge in [-0.2, -0.15) is 5.10 Å². The van der Waals surface area contributed by atoms with Crippen LogP contribution in [0.3, 0.4) is 0 Å². The molecule has 0 bridgehead atoms. The molecule has 0 saturated heterocycles. The van der Waals surface area contributed by atoms with Gasteiger partial charge in [-0.3, -0.25) is 4.79 Å². The Morgan fingerprint density at radius 1 is 1.50 bits per heavy atom. The van der Waals surface area contributed by atoms with Crippen LogP contribution in [0.5, 0.6) is 0 Å². The van der Waals surface area contributed by atoms with Gasteiger partial charge in [0.2, 0.25) is 0 Å². The first-order chi connectivity index (χ1) is 5.68. The number of aryl methyl sites for hydroxylation is 2. The second kappa shape index (κ2) is 2.20. The number of nitrogens with zero attached hydrogens (tertiary/aromatic N) is 3. The van der Waals surface area contributed by atoms with Crippen molar-refractivity contribution in [1.82, 2.24) is 14.2 Å². The monoisotopic (exact) mass is 163 g/mol. The quantitative estimate of drug-likeness (QED) is 0.562. The molecule has 4 nitrogen and oxygen atoms in total. The minimum atomic E-state index is -0.0643. The van der Waals surface area contributed by atoms with E-state index in [0.717, 1.165) is 5.56 Å². The molecule has 4 heteroatoms. The van der Waals surface area contributed by atoms with E-state index in [1.165, 1.54) is 4.68 Å². The topological polar surface area (TPSA) is 39.3 Å². The van der Waals surface area contributed by atoms with Crippen LogP contribution in [-0.4, -0.2) is 14.2 Å². The van der Waals surface area contributed by atoms with Crippen molar-refractivity contribution in [3.63, 3.8) is 0 Å². The molecule has 0 radical (unpaired) electrons. The van der Waals surface area contributed by atoms with Gasteiger partial charge >= 0.3 is 0 Å². The second-order valence-corrected chi connectivity index (χ2v) is 2.87. The van der Waals surface area contributed by atoms with Crippen LogP contribution in [-0.2, 0) is 7.05 Å². The molecule has 2 aromatic rings. The van der Waals surface area contributed by atoms with Crippen LogP contribution in [0.15, 0.2) is 23.4 Å². The fraction of sp³-hybridized carbons (Fsp3) is 0.250. The van der Waals surface area contributed by atoms with E-state index in [1.807, 2.05) is 19.2 Å². The van der Waals surface area contributed by atoms with Gasteiger partial charge in [-0.15, -0.1) is 0 Å². The van der Waals surface area contributed by atoms with E-state index in [9.17, 15) is 4.79 Å². The molecule has 2 aromatic heterocycles. The van der Waals surface area contributed by atoms with Gasteiger partial charge < -0.3 is 4.40 Å². The molecule has 0 N–H and O–H groups in total. The Labute approximate surface area is 69.1 Å². The molecule has 2 heterocycles. The maximum Gasteiger partial charge on any atom is 0.290 e. The molecular formula is C8H9N3O. The van der Waals surface area contributed by atoms with Crippen molar-refractivity contribution in [2.24, 2.45) is 7.05 Å². The molecule has 0 spiro atoms. The lowest BCUT2D eigenvalue weighted by Crippen LogP contribution is -2.20. The minimum Gasteiger partial charge on any atom is -0.301 e. The third-order valence-corrected chi connectivity index (χ3v) is 1.85. The van der Waals surface area contributed by atoms with E-state index < -0.39 is 0 Å². The smallest absolute Gasteiger partial charge is 0.290 e. The van der Waals surface area contributed by atoms with Crippen LogP contribution in [0.1, 0.15) is 5.56 Å². The number of rotatable bonds is 0. The highest BCUT2D eigenvalue weighted by Gasteiger charge is 2.00. The predicted molar refractivity (Wildman–Crippen MR) is 45.2 cm³/mol. The van der Waals surface area contributed by atoms with Gasteiger partial charge in [0.05, 0.1) is 0 Å². The van der Waals surface area contributed by atoms with E-state index in [0.29, 0.717) is 5.52 Å². The lowest BCUT2D eigenvalue weighted by atomic mass is 10.4. The van der Waals surface area contributed by atoms with Crippen LogP contribution in [0.2, 0.25) is 0 Å². The molecule has 0 aliphatic carbocycles. The summed E-state index contributed by atoms with van der Waals surface area (Å²) in [5.74, 6) is 0. The molecule has 12 heavy (non-hydrogen) atoms. The fourth-order valence-electron chi connectivity index (χ4n) is 1.24. The summed E-state index contributed by atoms with van der Waals surface area (Å²) in [6.07, 6.45) is 3.51. The summed E-state index contributed by atoms with van der Waals surface area (Å²) >= 11 is 0. The Morgan fingerprint density at radius 2 is 2.25 bits per heavy atom. The van der Waals surface area contributed by atoms with Crippen molar-refractivity contribution in [1.29, 1.82) is 0 Å². The third kappa shape index (κ3) is 0.845. The molecule has 62 valence electrons. The first kappa shape index (κ1) is 7.09. The van der Waals surface area contributed by atoms with Crippen molar-refractivity contribution in [3.8, 4) is 0 Å². The highest BCUT2D eigenvalue weighted by Crippen LogP contribution is 2.02. The Morgan fingerprint density at radius 3 is 3.00 bits per heavy atom. The van der Waals surface area contributed by atoms with Gasteiger partial charge in [0.25, 0.3) is 5.56 Å². The normalized spacial score (nSPS) is 10.8. The molecule has 0 unspecified atom stereocenters. The van der Waals surface area contributed by atoms with E-state index in [-0.39, 0.29) is 5.56 Å². The first-order valence-corrected chi connectivity index (χ1v) is 3.69. The largest absolute Gasteiger partial charge is 0.301 e. The standard InChI is InChI=1S/C8H9N3O/c1-6-3-7-8(12)10(2)9-5-11(7)4-6/h3-5H,1-2H3. The number of hydrogen-bond acceptors (Lipinski definition) is 2. The van der Waals surface area contributed by atoms with Gasteiger partial charge in [-0.1, -0.05) is 0 Å². The van der Waals surface area contributed by atoms with Crippen molar-refractivity contribution in [2.45, 2.75) is 6.92 Å². The Balaban J connectivity index is 2.99. The lowest BCUT2D eigenvalue weighted by Gasteiger charge is -1.95. The molecule has 0 aliphatic heterocycles. The van der Waals surface area contributed by atoms with Crippen LogP contribution in [0, 0.1) is 6.92 Å². The number of fused-ring (bicyclic) bond motifs is 1. The van der Waals surface area contributed by atoms with Gasteiger partial charge in [-0.05, 0) is 18.6 Å².